The SMILES string of the molecule is CCCCCc1ccc(C(=O)N[C@@H]2C=C[C@H]([C@@H](C(=O)OCC)c3cccc(OC)c3)C2)cc1. The van der Waals surface area contributed by atoms with Crippen LogP contribution >= 0.6 is 0 Å². The van der Waals surface area contributed by atoms with Crippen LogP contribution in [0.3, 0.4) is 0 Å². The number of allylic oxidation sites excluding steroid dienone is 1. The van der Waals surface area contributed by atoms with E-state index in [2.05, 4.69) is 12.2 Å². The van der Waals surface area contributed by atoms with Crippen LogP contribution in [0.25, 0.3) is 0 Å². The van der Waals surface area contributed by atoms with Crippen molar-refractivity contribution in [3.63, 3.8) is 0 Å². The molecule has 5 nitrogen and oxygen atoms in total. The summed E-state index contributed by atoms with van der Waals surface area (Å²) < 4.78 is 10.7. The molecule has 0 fully saturated rings. The molecule has 1 aliphatic carbocycles. The van der Waals surface area contributed by atoms with E-state index in [1.165, 1.54) is 24.8 Å². The van der Waals surface area contributed by atoms with Crippen LogP contribution in [0.4, 0.5) is 0 Å². The number of methoxy groups -OCH3 is 1. The number of aryl methyl sites for hydroxylation is 1. The first-order valence-electron chi connectivity index (χ1n) is 11.9. The number of ether oxygens (including phenoxy) is 2. The molecule has 0 spiro atoms. The van der Waals surface area contributed by atoms with Gasteiger partial charge in [-0.2, -0.15) is 0 Å². The normalized spacial score (nSPS) is 18.0. The highest BCUT2D eigenvalue weighted by atomic mass is 16.5. The minimum Gasteiger partial charge on any atom is -0.497 e. The second-order valence-electron chi connectivity index (χ2n) is 8.52. The molecule has 0 aromatic heterocycles. The van der Waals surface area contributed by atoms with Gasteiger partial charge >= 0.3 is 5.97 Å². The Hall–Kier alpha value is -3.08. The van der Waals surface area contributed by atoms with Crippen LogP contribution in [-0.4, -0.2) is 31.6 Å². The maximum absolute atomic E-state index is 12.8. The molecule has 3 atom stereocenters. The van der Waals surface area contributed by atoms with Gasteiger partial charge in [-0.15, -0.1) is 0 Å². The van der Waals surface area contributed by atoms with Crippen molar-refractivity contribution in [3.8, 4) is 5.75 Å². The molecule has 5 heteroatoms. The molecule has 0 radical (unpaired) electrons. The Kier molecular flexibility index (Phi) is 9.11. The third-order valence-electron chi connectivity index (χ3n) is 6.14. The number of carbonyl (C=O) groups excluding carboxylic acids is 2. The fourth-order valence-electron chi connectivity index (χ4n) is 4.36. The molecular weight excluding hydrogens is 414 g/mol. The zero-order valence-corrected chi connectivity index (χ0v) is 19.9. The number of esters is 1. The predicted octanol–water partition coefficient (Wildman–Crippen LogP) is 5.45. The zero-order valence-electron chi connectivity index (χ0n) is 19.9. The summed E-state index contributed by atoms with van der Waals surface area (Å²) >= 11 is 0. The third-order valence-corrected chi connectivity index (χ3v) is 6.14. The molecule has 176 valence electrons. The Morgan fingerprint density at radius 2 is 1.85 bits per heavy atom. The molecule has 33 heavy (non-hydrogen) atoms. The lowest BCUT2D eigenvalue weighted by Crippen LogP contribution is -2.33. The van der Waals surface area contributed by atoms with E-state index in [9.17, 15) is 9.59 Å². The van der Waals surface area contributed by atoms with Gasteiger partial charge in [0.25, 0.3) is 5.91 Å². The van der Waals surface area contributed by atoms with Crippen LogP contribution < -0.4 is 10.1 Å². The van der Waals surface area contributed by atoms with E-state index < -0.39 is 5.92 Å². The summed E-state index contributed by atoms with van der Waals surface area (Å²) in [5.74, 6) is -0.166. The van der Waals surface area contributed by atoms with Gasteiger partial charge in [-0.3, -0.25) is 9.59 Å². The number of nitrogens with one attached hydrogen (secondary N) is 1. The van der Waals surface area contributed by atoms with Crippen molar-refractivity contribution in [1.29, 1.82) is 0 Å². The van der Waals surface area contributed by atoms with Crippen LogP contribution in [0.15, 0.2) is 60.7 Å². The number of benzene rings is 2. The molecule has 0 saturated carbocycles. The van der Waals surface area contributed by atoms with Crippen LogP contribution in [-0.2, 0) is 16.0 Å². The second kappa shape index (κ2) is 12.2. The van der Waals surface area contributed by atoms with Crippen molar-refractivity contribution in [2.75, 3.05) is 13.7 Å². The largest absolute Gasteiger partial charge is 0.497 e. The molecule has 0 aliphatic heterocycles. The smallest absolute Gasteiger partial charge is 0.314 e. The number of amides is 1. The van der Waals surface area contributed by atoms with Crippen LogP contribution in [0, 0.1) is 5.92 Å². The molecule has 0 unspecified atom stereocenters. The molecule has 2 aromatic carbocycles. The van der Waals surface area contributed by atoms with E-state index in [1.807, 2.05) is 67.6 Å². The van der Waals surface area contributed by atoms with E-state index in [0.29, 0.717) is 24.3 Å². The van der Waals surface area contributed by atoms with Crippen molar-refractivity contribution in [1.82, 2.24) is 5.32 Å². The molecule has 3 rings (SSSR count). The maximum atomic E-state index is 12.8. The lowest BCUT2D eigenvalue weighted by molar-refractivity contribution is -0.146. The van der Waals surface area contributed by atoms with Gasteiger partial charge in [-0.05, 0) is 67.5 Å². The third kappa shape index (κ3) is 6.70. The molecule has 2 aromatic rings. The highest BCUT2D eigenvalue weighted by Crippen LogP contribution is 2.35. The van der Waals surface area contributed by atoms with Crippen LogP contribution in [0.2, 0.25) is 0 Å². The Morgan fingerprint density at radius 1 is 1.06 bits per heavy atom. The van der Waals surface area contributed by atoms with E-state index in [1.54, 1.807) is 7.11 Å². The summed E-state index contributed by atoms with van der Waals surface area (Å²) in [5.41, 5.74) is 2.77. The van der Waals surface area contributed by atoms with Crippen molar-refractivity contribution in [2.24, 2.45) is 5.92 Å². The minimum absolute atomic E-state index is 0.0672. The van der Waals surface area contributed by atoms with Gasteiger partial charge in [-0.1, -0.05) is 56.2 Å². The Bertz CT molecular complexity index is 951. The molecule has 0 heterocycles. The number of carbonyl (C=O) groups is 2. The summed E-state index contributed by atoms with van der Waals surface area (Å²) in [5, 5.41) is 3.09. The lowest BCUT2D eigenvalue weighted by atomic mass is 9.85. The van der Waals surface area contributed by atoms with Gasteiger partial charge in [0.2, 0.25) is 0 Å². The molecule has 1 aliphatic rings. The van der Waals surface area contributed by atoms with Gasteiger partial charge in [0.15, 0.2) is 0 Å². The van der Waals surface area contributed by atoms with Gasteiger partial charge in [-0.25, -0.2) is 0 Å². The minimum atomic E-state index is -0.444. The van der Waals surface area contributed by atoms with Crippen molar-refractivity contribution >= 4 is 11.9 Å². The summed E-state index contributed by atoms with van der Waals surface area (Å²) in [7, 11) is 1.61. The fraction of sp³-hybridized carbons (Fsp3) is 0.429. The summed E-state index contributed by atoms with van der Waals surface area (Å²) in [6, 6.07) is 15.3. The maximum Gasteiger partial charge on any atom is 0.314 e. The highest BCUT2D eigenvalue weighted by Gasteiger charge is 2.34. The van der Waals surface area contributed by atoms with Gasteiger partial charge in [0.1, 0.15) is 5.75 Å². The van der Waals surface area contributed by atoms with Gasteiger partial charge in [0.05, 0.1) is 19.6 Å². The first kappa shape index (κ1) is 24.6. The van der Waals surface area contributed by atoms with Gasteiger partial charge < -0.3 is 14.8 Å². The van der Waals surface area contributed by atoms with Crippen molar-refractivity contribution < 1.29 is 19.1 Å². The average Bonchev–Trinajstić information content (AvgIpc) is 3.28. The zero-order chi connectivity index (χ0) is 23.6. The van der Waals surface area contributed by atoms with Crippen molar-refractivity contribution in [3.05, 3.63) is 77.4 Å². The van der Waals surface area contributed by atoms with E-state index >= 15 is 0 Å². The molecule has 0 saturated heterocycles. The van der Waals surface area contributed by atoms with E-state index in [-0.39, 0.29) is 23.8 Å². The van der Waals surface area contributed by atoms with Crippen LogP contribution in [0.1, 0.15) is 66.9 Å². The average molecular weight is 450 g/mol. The number of unbranched alkanes of at least 4 members (excludes halogenated alkanes) is 2. The number of hydrogen-bond donors (Lipinski definition) is 1. The first-order chi connectivity index (χ1) is 16.0. The second-order valence-corrected chi connectivity index (χ2v) is 8.52. The standard InChI is InChI=1S/C28H35NO4/c1-4-6-7-9-20-12-14-21(15-13-20)27(30)29-24-17-16-23(18-24)26(28(31)33-5-2)22-10-8-11-25(19-22)32-3/h8,10-17,19,23-24,26H,4-7,9,18H2,1-3H3,(H,29,30)/t23-,24+,26-/m0/s1. The Balaban J connectivity index is 1.64. The lowest BCUT2D eigenvalue weighted by Gasteiger charge is -2.23. The monoisotopic (exact) mass is 449 g/mol. The topological polar surface area (TPSA) is 64.6 Å². The summed E-state index contributed by atoms with van der Waals surface area (Å²) in [4.78, 5) is 25.6. The quantitative estimate of drug-likeness (QED) is 0.281. The number of rotatable bonds is 11. The van der Waals surface area contributed by atoms with Crippen molar-refractivity contribution in [2.45, 2.75) is 57.9 Å². The van der Waals surface area contributed by atoms with E-state index in [0.717, 1.165) is 12.0 Å². The Morgan fingerprint density at radius 3 is 2.55 bits per heavy atom. The number of hydrogen-bond acceptors (Lipinski definition) is 4. The molecule has 1 N–H and O–H groups in total. The van der Waals surface area contributed by atoms with E-state index in [4.69, 9.17) is 9.47 Å². The first-order valence-corrected chi connectivity index (χ1v) is 11.9. The molecule has 1 amide bonds. The fourth-order valence-corrected chi connectivity index (χ4v) is 4.36. The summed E-state index contributed by atoms with van der Waals surface area (Å²) in [6.07, 6.45) is 9.27. The molecular formula is C28H35NO4. The van der Waals surface area contributed by atoms with Gasteiger partial charge in [0, 0.05) is 11.6 Å². The summed E-state index contributed by atoms with van der Waals surface area (Å²) in [6.45, 7) is 4.33. The van der Waals surface area contributed by atoms with Crippen LogP contribution in [0.5, 0.6) is 5.75 Å². The molecule has 0 bridgehead atoms. The predicted molar refractivity (Wildman–Crippen MR) is 131 cm³/mol. The Labute approximate surface area is 197 Å². The highest BCUT2D eigenvalue weighted by molar-refractivity contribution is 5.94.